The van der Waals surface area contributed by atoms with Gasteiger partial charge in [-0.2, -0.15) is 0 Å². The molecular formula is C23H19O2P. The van der Waals surface area contributed by atoms with E-state index < -0.39 is 8.15 Å². The van der Waals surface area contributed by atoms with Crippen molar-refractivity contribution in [2.75, 3.05) is 0 Å². The maximum atomic E-state index is 10.4. The zero-order valence-electron chi connectivity index (χ0n) is 14.2. The predicted octanol–water partition coefficient (Wildman–Crippen LogP) is 5.11. The smallest absolute Gasteiger partial charge is 0.121 e. The fourth-order valence-electron chi connectivity index (χ4n) is 3.03. The van der Waals surface area contributed by atoms with Gasteiger partial charge in [0, 0.05) is 16.2 Å². The van der Waals surface area contributed by atoms with Crippen molar-refractivity contribution in [3.8, 4) is 5.75 Å². The second-order valence-electron chi connectivity index (χ2n) is 6.02. The molecule has 0 radical (unpaired) electrons. The van der Waals surface area contributed by atoms with Gasteiger partial charge >= 0.3 is 0 Å². The van der Waals surface area contributed by atoms with Crippen molar-refractivity contribution in [1.82, 2.24) is 0 Å². The van der Waals surface area contributed by atoms with Crippen LogP contribution in [0.5, 0.6) is 5.75 Å². The normalized spacial score (nSPS) is 11.1. The molecule has 0 bridgehead atoms. The summed E-state index contributed by atoms with van der Waals surface area (Å²) in [6.45, 7) is 0.364. The van der Waals surface area contributed by atoms with Crippen LogP contribution in [0.1, 0.15) is 5.56 Å². The van der Waals surface area contributed by atoms with Crippen LogP contribution in [0.25, 0.3) is 10.8 Å². The summed E-state index contributed by atoms with van der Waals surface area (Å²) in [6.07, 6.45) is 0. The number of benzene rings is 4. The van der Waals surface area contributed by atoms with E-state index in [1.165, 1.54) is 0 Å². The first kappa shape index (κ1) is 16.8. The third-order valence-electron chi connectivity index (χ3n) is 4.34. The first-order valence-corrected chi connectivity index (χ1v) is 9.81. The summed E-state index contributed by atoms with van der Waals surface area (Å²) < 4.78 is 6.39. The molecule has 3 heteroatoms. The van der Waals surface area contributed by atoms with Crippen LogP contribution in [0.15, 0.2) is 97.1 Å². The highest BCUT2D eigenvalue weighted by atomic mass is 31.1. The lowest BCUT2D eigenvalue weighted by Gasteiger charge is -2.19. The average molecular weight is 358 g/mol. The maximum Gasteiger partial charge on any atom is 0.121 e. The topological polar surface area (TPSA) is 29.5 Å². The lowest BCUT2D eigenvalue weighted by Crippen LogP contribution is -2.13. The molecule has 0 fully saturated rings. The minimum absolute atomic E-state index is 0.278. The third-order valence-corrected chi connectivity index (χ3v) is 6.26. The Balaban J connectivity index is 1.69. The molecule has 4 aromatic rings. The molecule has 0 saturated carbocycles. The fraction of sp³-hybridized carbons (Fsp3) is 0.0435. The monoisotopic (exact) mass is 358 g/mol. The van der Waals surface area contributed by atoms with Crippen LogP contribution in [0.4, 0.5) is 0 Å². The van der Waals surface area contributed by atoms with Crippen molar-refractivity contribution in [1.29, 1.82) is 0 Å². The molecule has 0 aliphatic heterocycles. The fourth-order valence-corrected chi connectivity index (χ4v) is 4.77. The molecule has 0 aliphatic rings. The van der Waals surface area contributed by atoms with E-state index in [2.05, 4.69) is 30.3 Å². The molecule has 4 aromatic carbocycles. The van der Waals surface area contributed by atoms with E-state index in [9.17, 15) is 5.11 Å². The molecule has 1 N–H and O–H groups in total. The highest BCUT2D eigenvalue weighted by molar-refractivity contribution is 7.68. The van der Waals surface area contributed by atoms with E-state index >= 15 is 0 Å². The van der Waals surface area contributed by atoms with Crippen LogP contribution in [0.3, 0.4) is 0 Å². The van der Waals surface area contributed by atoms with E-state index in [1.807, 2.05) is 60.7 Å². The number of aromatic hydroxyl groups is 1. The van der Waals surface area contributed by atoms with Gasteiger partial charge in [-0.25, -0.2) is 0 Å². The molecule has 0 heterocycles. The average Bonchev–Trinajstić information content (AvgIpc) is 2.71. The van der Waals surface area contributed by atoms with Crippen molar-refractivity contribution in [2.24, 2.45) is 0 Å². The van der Waals surface area contributed by atoms with E-state index in [1.54, 1.807) is 6.07 Å². The van der Waals surface area contributed by atoms with Gasteiger partial charge in [-0.3, -0.25) is 0 Å². The number of phenols is 1. The van der Waals surface area contributed by atoms with Gasteiger partial charge in [-0.05, 0) is 16.8 Å². The molecular weight excluding hydrogens is 339 g/mol. The predicted molar refractivity (Wildman–Crippen MR) is 109 cm³/mol. The quantitative estimate of drug-likeness (QED) is 0.502. The van der Waals surface area contributed by atoms with Gasteiger partial charge in [0.25, 0.3) is 0 Å². The lowest BCUT2D eigenvalue weighted by molar-refractivity contribution is 0.341. The van der Waals surface area contributed by atoms with Crippen LogP contribution < -0.4 is 10.6 Å². The number of fused-ring (bicyclic) bond motifs is 1. The summed E-state index contributed by atoms with van der Waals surface area (Å²) in [4.78, 5) is 0. The van der Waals surface area contributed by atoms with Crippen molar-refractivity contribution in [3.05, 3.63) is 103 Å². The van der Waals surface area contributed by atoms with Crippen LogP contribution >= 0.6 is 8.15 Å². The Kier molecular flexibility index (Phi) is 4.97. The van der Waals surface area contributed by atoms with E-state index in [-0.39, 0.29) is 5.75 Å². The second kappa shape index (κ2) is 7.70. The van der Waals surface area contributed by atoms with Crippen LogP contribution in [0.2, 0.25) is 0 Å². The number of phenolic OH excluding ortho intramolecular Hbond substituents is 1. The van der Waals surface area contributed by atoms with Crippen molar-refractivity contribution in [3.63, 3.8) is 0 Å². The molecule has 0 atom stereocenters. The number of rotatable bonds is 5. The molecule has 0 unspecified atom stereocenters. The standard InChI is InChI=1S/C23H19O2P/c24-23-16-15-18-9-7-8-14-21(18)22(23)17-25-26(19-10-3-1-4-11-19)20-12-5-2-6-13-20/h1-16,24H,17H2. The Morgan fingerprint density at radius 2 is 1.23 bits per heavy atom. The summed E-state index contributed by atoms with van der Waals surface area (Å²) in [6, 6.07) is 32.3. The Morgan fingerprint density at radius 3 is 1.88 bits per heavy atom. The summed E-state index contributed by atoms with van der Waals surface area (Å²) >= 11 is 0. The summed E-state index contributed by atoms with van der Waals surface area (Å²) in [5.74, 6) is 0.278. The molecule has 4 rings (SSSR count). The van der Waals surface area contributed by atoms with Gasteiger partial charge in [0.05, 0.1) is 14.8 Å². The first-order chi connectivity index (χ1) is 12.8. The number of hydrogen-bond acceptors (Lipinski definition) is 2. The van der Waals surface area contributed by atoms with Crippen molar-refractivity contribution < 1.29 is 9.63 Å². The third kappa shape index (κ3) is 3.48. The maximum absolute atomic E-state index is 10.4. The van der Waals surface area contributed by atoms with Gasteiger partial charge in [0.15, 0.2) is 0 Å². The van der Waals surface area contributed by atoms with Gasteiger partial charge in [-0.1, -0.05) is 91.0 Å². The molecule has 128 valence electrons. The van der Waals surface area contributed by atoms with Gasteiger partial charge in [0.2, 0.25) is 0 Å². The van der Waals surface area contributed by atoms with Gasteiger partial charge in [0.1, 0.15) is 5.75 Å². The summed E-state index contributed by atoms with van der Waals surface area (Å²) in [5, 5.41) is 14.8. The largest absolute Gasteiger partial charge is 0.508 e. The SMILES string of the molecule is Oc1ccc2ccccc2c1COP(c1ccccc1)c1ccccc1. The van der Waals surface area contributed by atoms with E-state index in [4.69, 9.17) is 4.52 Å². The first-order valence-electron chi connectivity index (χ1n) is 8.56. The minimum Gasteiger partial charge on any atom is -0.508 e. The minimum atomic E-state index is -0.953. The zero-order valence-corrected chi connectivity index (χ0v) is 15.1. The molecule has 0 amide bonds. The molecule has 0 aromatic heterocycles. The van der Waals surface area contributed by atoms with Crippen LogP contribution in [-0.4, -0.2) is 5.11 Å². The Morgan fingerprint density at radius 1 is 0.654 bits per heavy atom. The number of hydrogen-bond donors (Lipinski definition) is 1. The van der Waals surface area contributed by atoms with Crippen LogP contribution in [-0.2, 0) is 11.1 Å². The van der Waals surface area contributed by atoms with E-state index in [0.29, 0.717) is 6.61 Å². The Hall–Kier alpha value is -2.67. The molecule has 0 spiro atoms. The highest BCUT2D eigenvalue weighted by Gasteiger charge is 2.17. The highest BCUT2D eigenvalue weighted by Crippen LogP contribution is 2.38. The zero-order chi connectivity index (χ0) is 17.8. The second-order valence-corrected chi connectivity index (χ2v) is 7.90. The summed E-state index contributed by atoms with van der Waals surface area (Å²) in [5.41, 5.74) is 0.836. The lowest BCUT2D eigenvalue weighted by atomic mass is 10.0. The van der Waals surface area contributed by atoms with E-state index in [0.717, 1.165) is 26.9 Å². The van der Waals surface area contributed by atoms with Crippen molar-refractivity contribution >= 4 is 29.5 Å². The molecule has 2 nitrogen and oxygen atoms in total. The Labute approximate surface area is 154 Å². The van der Waals surface area contributed by atoms with Crippen LogP contribution in [0, 0.1) is 0 Å². The molecule has 26 heavy (non-hydrogen) atoms. The Bertz CT molecular complexity index is 961. The van der Waals surface area contributed by atoms with Gasteiger partial charge < -0.3 is 9.63 Å². The van der Waals surface area contributed by atoms with Crippen molar-refractivity contribution in [2.45, 2.75) is 6.61 Å². The molecule has 0 aliphatic carbocycles. The molecule has 0 saturated heterocycles. The summed E-state index contributed by atoms with van der Waals surface area (Å²) in [7, 11) is -0.953. The van der Waals surface area contributed by atoms with Gasteiger partial charge in [-0.15, -0.1) is 0 Å².